The van der Waals surface area contributed by atoms with Crippen LogP contribution in [0.1, 0.15) is 28.6 Å². The molecule has 0 bridgehead atoms. The van der Waals surface area contributed by atoms with E-state index in [-0.39, 0.29) is 12.2 Å². The summed E-state index contributed by atoms with van der Waals surface area (Å²) >= 11 is 0. The fraction of sp³-hybridized carbons (Fsp3) is 0.138. The van der Waals surface area contributed by atoms with Crippen LogP contribution < -0.4 is 19.5 Å². The quantitative estimate of drug-likeness (QED) is 0.189. The van der Waals surface area contributed by atoms with Gasteiger partial charge in [-0.2, -0.15) is 8.78 Å². The van der Waals surface area contributed by atoms with E-state index >= 15 is 0 Å². The van der Waals surface area contributed by atoms with Gasteiger partial charge in [-0.1, -0.05) is 12.1 Å². The van der Waals surface area contributed by atoms with Crippen LogP contribution in [0.25, 0.3) is 11.3 Å². The number of aryl methyl sites for hydroxylation is 1. The molecule has 41 heavy (non-hydrogen) atoms. The molecule has 1 aromatic heterocycles. The molecule has 0 saturated carbocycles. The SMILES string of the molecule is CC(=O)Oc1ccc(S(=O)NC(=O)Cc2ccc(NC(=O)c3cc(-c4ccc(OC(F)F)cc4)oc3C)cc2)cc1. The molecule has 0 radical (unpaired) electrons. The average Bonchev–Trinajstić information content (AvgIpc) is 3.31. The van der Waals surface area contributed by atoms with Gasteiger partial charge in [-0.3, -0.25) is 19.1 Å². The molecule has 4 aromatic rings. The van der Waals surface area contributed by atoms with Crippen molar-refractivity contribution < 1.29 is 41.3 Å². The van der Waals surface area contributed by atoms with Gasteiger partial charge in [-0.25, -0.2) is 4.21 Å². The van der Waals surface area contributed by atoms with Crippen LogP contribution in [0.2, 0.25) is 0 Å². The van der Waals surface area contributed by atoms with Gasteiger partial charge in [0.1, 0.15) is 23.0 Å². The molecule has 0 fully saturated rings. The Balaban J connectivity index is 1.32. The first-order valence-corrected chi connectivity index (χ1v) is 13.3. The third-order valence-electron chi connectivity index (χ3n) is 5.61. The van der Waals surface area contributed by atoms with Crippen LogP contribution >= 0.6 is 0 Å². The summed E-state index contributed by atoms with van der Waals surface area (Å²) in [7, 11) is -1.80. The van der Waals surface area contributed by atoms with E-state index in [0.29, 0.717) is 44.5 Å². The summed E-state index contributed by atoms with van der Waals surface area (Å²) in [5.74, 6) is -0.311. The van der Waals surface area contributed by atoms with Crippen molar-refractivity contribution in [2.75, 3.05) is 5.32 Å². The zero-order chi connectivity index (χ0) is 29.5. The van der Waals surface area contributed by atoms with Crippen molar-refractivity contribution in [1.29, 1.82) is 0 Å². The van der Waals surface area contributed by atoms with Gasteiger partial charge >= 0.3 is 12.6 Å². The summed E-state index contributed by atoms with van der Waals surface area (Å²) in [6.45, 7) is -0.0258. The van der Waals surface area contributed by atoms with Crippen LogP contribution in [0.3, 0.4) is 0 Å². The van der Waals surface area contributed by atoms with Gasteiger partial charge in [0.15, 0.2) is 11.0 Å². The third kappa shape index (κ3) is 8.08. The molecule has 3 aromatic carbocycles. The summed E-state index contributed by atoms with van der Waals surface area (Å²) in [6, 6.07) is 19.9. The van der Waals surface area contributed by atoms with Crippen molar-refractivity contribution >= 4 is 34.5 Å². The van der Waals surface area contributed by atoms with Crippen molar-refractivity contribution in [3.63, 3.8) is 0 Å². The van der Waals surface area contributed by atoms with Crippen LogP contribution in [0, 0.1) is 6.92 Å². The second-order valence-corrected chi connectivity index (χ2v) is 9.88. The fourth-order valence-corrected chi connectivity index (χ4v) is 4.52. The van der Waals surface area contributed by atoms with E-state index in [1.54, 1.807) is 49.4 Å². The number of esters is 1. The molecular formula is C29H24F2N2O7S. The zero-order valence-corrected chi connectivity index (χ0v) is 22.6. The molecule has 12 heteroatoms. The van der Waals surface area contributed by atoms with Crippen LogP contribution in [0.4, 0.5) is 14.5 Å². The molecule has 2 amide bonds. The van der Waals surface area contributed by atoms with Gasteiger partial charge in [-0.15, -0.1) is 0 Å². The number of anilines is 1. The van der Waals surface area contributed by atoms with Gasteiger partial charge in [0, 0.05) is 18.2 Å². The maximum Gasteiger partial charge on any atom is 0.387 e. The number of alkyl halides is 2. The molecule has 4 rings (SSSR count). The van der Waals surface area contributed by atoms with Crippen LogP contribution in [-0.2, 0) is 27.0 Å². The molecule has 0 aliphatic rings. The third-order valence-corrected chi connectivity index (χ3v) is 6.72. The van der Waals surface area contributed by atoms with Crippen molar-refractivity contribution in [3.05, 3.63) is 95.7 Å². The maximum absolute atomic E-state index is 12.9. The Bertz CT molecular complexity index is 1570. The highest BCUT2D eigenvalue weighted by Gasteiger charge is 2.17. The maximum atomic E-state index is 12.9. The molecule has 1 unspecified atom stereocenters. The largest absolute Gasteiger partial charge is 0.461 e. The number of amides is 2. The molecule has 0 spiro atoms. The van der Waals surface area contributed by atoms with E-state index in [2.05, 4.69) is 14.8 Å². The zero-order valence-electron chi connectivity index (χ0n) is 21.8. The first-order valence-electron chi connectivity index (χ1n) is 12.1. The lowest BCUT2D eigenvalue weighted by molar-refractivity contribution is -0.131. The highest BCUT2D eigenvalue weighted by molar-refractivity contribution is 7.83. The van der Waals surface area contributed by atoms with Gasteiger partial charge in [0.05, 0.1) is 16.9 Å². The number of carbonyl (C=O) groups excluding carboxylic acids is 3. The first kappa shape index (κ1) is 29.2. The van der Waals surface area contributed by atoms with Crippen LogP contribution in [0.15, 0.2) is 88.2 Å². The van der Waals surface area contributed by atoms with E-state index < -0.39 is 35.4 Å². The number of ether oxygens (including phenoxy) is 2. The lowest BCUT2D eigenvalue weighted by Gasteiger charge is -2.08. The molecule has 1 atom stereocenters. The van der Waals surface area contributed by atoms with E-state index in [1.165, 1.54) is 43.3 Å². The Morgan fingerprint density at radius 3 is 2.17 bits per heavy atom. The van der Waals surface area contributed by atoms with E-state index in [1.807, 2.05) is 0 Å². The van der Waals surface area contributed by atoms with Crippen LogP contribution in [0.5, 0.6) is 11.5 Å². The van der Waals surface area contributed by atoms with E-state index in [4.69, 9.17) is 9.15 Å². The Kier molecular flexibility index (Phi) is 9.25. The van der Waals surface area contributed by atoms with Crippen molar-refractivity contribution in [3.8, 4) is 22.8 Å². The summed E-state index contributed by atoms with van der Waals surface area (Å²) in [4.78, 5) is 36.6. The fourth-order valence-electron chi connectivity index (χ4n) is 3.74. The van der Waals surface area contributed by atoms with Crippen LogP contribution in [-0.4, -0.2) is 28.6 Å². The number of rotatable bonds is 10. The predicted molar refractivity (Wildman–Crippen MR) is 146 cm³/mol. The molecule has 0 saturated heterocycles. The van der Waals surface area contributed by atoms with Crippen molar-refractivity contribution in [2.45, 2.75) is 31.8 Å². The van der Waals surface area contributed by atoms with Gasteiger partial charge in [-0.05, 0) is 79.2 Å². The lowest BCUT2D eigenvalue weighted by Crippen LogP contribution is -2.27. The van der Waals surface area contributed by atoms with Gasteiger partial charge in [0.25, 0.3) is 5.91 Å². The molecule has 9 nitrogen and oxygen atoms in total. The van der Waals surface area contributed by atoms with E-state index in [9.17, 15) is 27.4 Å². The van der Waals surface area contributed by atoms with Crippen molar-refractivity contribution in [1.82, 2.24) is 4.72 Å². The average molecular weight is 583 g/mol. The molecule has 212 valence electrons. The summed E-state index contributed by atoms with van der Waals surface area (Å²) in [5, 5.41) is 2.76. The van der Waals surface area contributed by atoms with Crippen molar-refractivity contribution in [2.24, 2.45) is 0 Å². The number of nitrogens with one attached hydrogen (secondary N) is 2. The lowest BCUT2D eigenvalue weighted by atomic mass is 10.1. The molecular weight excluding hydrogens is 558 g/mol. The number of hydrogen-bond donors (Lipinski definition) is 2. The molecule has 0 aliphatic carbocycles. The highest BCUT2D eigenvalue weighted by atomic mass is 32.2. The minimum Gasteiger partial charge on any atom is -0.461 e. The number of halogens is 2. The predicted octanol–water partition coefficient (Wildman–Crippen LogP) is 5.42. The Morgan fingerprint density at radius 1 is 0.927 bits per heavy atom. The standard InChI is InChI=1S/C29H24F2N2O7S/c1-17-25(16-26(38-17)20-5-9-23(10-6-20)40-29(30)31)28(36)32-21-7-3-19(4-8-21)15-27(35)33-41(37)24-13-11-22(12-14-24)39-18(2)34/h3-14,16,29H,15H2,1-2H3,(H,32,36)(H,33,35). The normalized spacial score (nSPS) is 11.5. The van der Waals surface area contributed by atoms with E-state index in [0.717, 1.165) is 0 Å². The smallest absolute Gasteiger partial charge is 0.387 e. The minimum atomic E-state index is -2.93. The van der Waals surface area contributed by atoms with Gasteiger partial charge in [0.2, 0.25) is 5.91 Å². The number of furan rings is 1. The summed E-state index contributed by atoms with van der Waals surface area (Å²) in [6.07, 6.45) is -0.0448. The molecule has 0 aliphatic heterocycles. The Morgan fingerprint density at radius 2 is 1.56 bits per heavy atom. The second-order valence-electron chi connectivity index (χ2n) is 8.67. The Hall–Kier alpha value is -4.84. The number of carbonyl (C=O) groups is 3. The number of benzene rings is 3. The minimum absolute atomic E-state index is 0.00600. The highest BCUT2D eigenvalue weighted by Crippen LogP contribution is 2.28. The molecule has 1 heterocycles. The summed E-state index contributed by atoms with van der Waals surface area (Å²) < 4.78 is 54.5. The number of hydrogen-bond acceptors (Lipinski definition) is 7. The second kappa shape index (κ2) is 13.0. The monoisotopic (exact) mass is 582 g/mol. The first-order chi connectivity index (χ1) is 19.6. The topological polar surface area (TPSA) is 124 Å². The Labute approximate surface area is 236 Å². The van der Waals surface area contributed by atoms with Gasteiger partial charge < -0.3 is 19.2 Å². The summed E-state index contributed by atoms with van der Waals surface area (Å²) in [5.41, 5.74) is 1.98. The molecule has 2 N–H and O–H groups in total.